The normalized spacial score (nSPS) is 20.2. The molecular formula is C17H16ClFN4O2. The number of amidine groups is 1. The molecule has 2 aromatic rings. The number of aliphatic imine (C=N–C) groups is 1. The molecule has 1 aliphatic heterocycles. The predicted molar refractivity (Wildman–Crippen MR) is 91.6 cm³/mol. The summed E-state index contributed by atoms with van der Waals surface area (Å²) in [4.78, 5) is 24.8. The third kappa shape index (κ3) is 3.83. The second-order valence-electron chi connectivity index (χ2n) is 5.76. The minimum Gasteiger partial charge on any atom is -0.385 e. The number of ketones is 1. The number of halogens is 2. The maximum Gasteiger partial charge on any atom is 0.187 e. The second-order valence-corrected chi connectivity index (χ2v) is 6.20. The molecule has 1 aliphatic rings. The van der Waals surface area contributed by atoms with E-state index in [1.807, 2.05) is 0 Å². The Balaban J connectivity index is 1.85. The van der Waals surface area contributed by atoms with Gasteiger partial charge in [-0.05, 0) is 29.8 Å². The Bertz CT molecular complexity index is 813. The predicted octanol–water partition coefficient (Wildman–Crippen LogP) is 2.11. The van der Waals surface area contributed by atoms with Crippen molar-refractivity contribution < 1.29 is 13.9 Å². The Morgan fingerprint density at radius 3 is 2.88 bits per heavy atom. The monoisotopic (exact) mass is 362 g/mol. The number of nitrogens with zero attached hydrogens (tertiary/aromatic N) is 3. The number of hydrogen-bond acceptors (Lipinski definition) is 6. The van der Waals surface area contributed by atoms with Gasteiger partial charge in [0.1, 0.15) is 30.3 Å². The van der Waals surface area contributed by atoms with Crippen molar-refractivity contribution in [3.63, 3.8) is 0 Å². The molecule has 0 saturated heterocycles. The van der Waals surface area contributed by atoms with Gasteiger partial charge >= 0.3 is 0 Å². The van der Waals surface area contributed by atoms with Crippen LogP contribution in [0.3, 0.4) is 0 Å². The van der Waals surface area contributed by atoms with Crippen LogP contribution in [0.5, 0.6) is 0 Å². The highest BCUT2D eigenvalue weighted by Gasteiger charge is 2.36. The number of nitrogens with two attached hydrogens (primary N) is 1. The molecule has 2 N–H and O–H groups in total. The molecule has 0 bridgehead atoms. The Hall–Kier alpha value is -2.38. The van der Waals surface area contributed by atoms with Gasteiger partial charge in [0, 0.05) is 18.1 Å². The summed E-state index contributed by atoms with van der Waals surface area (Å²) in [7, 11) is 0. The number of aromatic nitrogens is 2. The molecule has 0 spiro atoms. The summed E-state index contributed by atoms with van der Waals surface area (Å²) < 4.78 is 19.1. The van der Waals surface area contributed by atoms with Gasteiger partial charge in [-0.15, -0.1) is 0 Å². The van der Waals surface area contributed by atoms with E-state index in [1.54, 1.807) is 24.3 Å². The van der Waals surface area contributed by atoms with E-state index in [1.165, 1.54) is 12.4 Å². The highest BCUT2D eigenvalue weighted by Crippen LogP contribution is 2.29. The molecule has 0 amide bonds. The molecule has 0 radical (unpaired) electrons. The fraction of sp³-hybridized carbons (Fsp3) is 0.294. The zero-order chi connectivity index (χ0) is 17.9. The molecule has 0 aliphatic carbocycles. The van der Waals surface area contributed by atoms with Crippen LogP contribution in [0.15, 0.2) is 41.7 Å². The van der Waals surface area contributed by atoms with Gasteiger partial charge in [0.2, 0.25) is 0 Å². The van der Waals surface area contributed by atoms with Gasteiger partial charge in [-0.2, -0.15) is 0 Å². The van der Waals surface area contributed by atoms with Crippen molar-refractivity contribution in [1.82, 2.24) is 9.97 Å². The first-order valence-electron chi connectivity index (χ1n) is 7.60. The number of hydrogen-bond donors (Lipinski definition) is 1. The quantitative estimate of drug-likeness (QED) is 0.822. The van der Waals surface area contributed by atoms with E-state index in [0.29, 0.717) is 22.0 Å². The standard InChI is InChI=1S/C17H16ClFN4O2/c18-12-1-2-14(22-7-12)15(24)6-13-5-11(3-4-21-13)17(9-19)10-25-8-16(20)23-17/h1-5,7H,6,8-10H2,(H2,20,23). The number of rotatable bonds is 5. The summed E-state index contributed by atoms with van der Waals surface area (Å²) in [6.45, 7) is -0.495. The van der Waals surface area contributed by atoms with E-state index in [0.717, 1.165) is 0 Å². The van der Waals surface area contributed by atoms with Crippen molar-refractivity contribution in [3.8, 4) is 0 Å². The molecule has 6 nitrogen and oxygen atoms in total. The van der Waals surface area contributed by atoms with Crippen LogP contribution in [0, 0.1) is 0 Å². The van der Waals surface area contributed by atoms with Crippen LogP contribution in [0.4, 0.5) is 4.39 Å². The largest absolute Gasteiger partial charge is 0.385 e. The minimum absolute atomic E-state index is 0.0326. The first-order chi connectivity index (χ1) is 12.0. The molecule has 0 saturated carbocycles. The summed E-state index contributed by atoms with van der Waals surface area (Å²) in [6, 6.07) is 6.45. The number of carbonyl (C=O) groups is 1. The summed E-state index contributed by atoms with van der Waals surface area (Å²) in [6.07, 6.45) is 2.96. The average molecular weight is 363 g/mol. The van der Waals surface area contributed by atoms with Crippen molar-refractivity contribution in [1.29, 1.82) is 0 Å². The van der Waals surface area contributed by atoms with Gasteiger partial charge in [0.05, 0.1) is 18.1 Å². The SMILES string of the molecule is NC1=NC(CF)(c2ccnc(CC(=O)c3ccc(Cl)cn3)c2)COC1. The van der Waals surface area contributed by atoms with Crippen LogP contribution in [0.25, 0.3) is 0 Å². The number of Topliss-reactive ketones (excluding diaryl/α,β-unsaturated/α-hetero) is 1. The summed E-state index contributed by atoms with van der Waals surface area (Å²) >= 11 is 5.77. The molecule has 130 valence electrons. The van der Waals surface area contributed by atoms with Crippen molar-refractivity contribution in [2.45, 2.75) is 12.0 Å². The maximum atomic E-state index is 13.7. The Morgan fingerprint density at radius 2 is 2.20 bits per heavy atom. The minimum atomic E-state index is -1.19. The molecular weight excluding hydrogens is 347 g/mol. The summed E-state index contributed by atoms with van der Waals surface area (Å²) in [5.41, 5.74) is 5.86. The van der Waals surface area contributed by atoms with Crippen LogP contribution in [-0.2, 0) is 16.7 Å². The van der Waals surface area contributed by atoms with E-state index in [9.17, 15) is 9.18 Å². The summed E-state index contributed by atoms with van der Waals surface area (Å²) in [5, 5.41) is 0.453. The second kappa shape index (κ2) is 7.25. The third-order valence-corrected chi connectivity index (χ3v) is 4.10. The lowest BCUT2D eigenvalue weighted by Gasteiger charge is -2.31. The van der Waals surface area contributed by atoms with Crippen LogP contribution >= 0.6 is 11.6 Å². The highest BCUT2D eigenvalue weighted by atomic mass is 35.5. The Morgan fingerprint density at radius 1 is 1.36 bits per heavy atom. The maximum absolute atomic E-state index is 13.7. The van der Waals surface area contributed by atoms with Crippen LogP contribution < -0.4 is 5.73 Å². The zero-order valence-corrected chi connectivity index (χ0v) is 14.0. The fourth-order valence-corrected chi connectivity index (χ4v) is 2.73. The molecule has 3 rings (SSSR count). The molecule has 2 aromatic heterocycles. The van der Waals surface area contributed by atoms with Gasteiger partial charge in [-0.1, -0.05) is 11.6 Å². The van der Waals surface area contributed by atoms with Crippen molar-refractivity contribution >= 4 is 23.2 Å². The van der Waals surface area contributed by atoms with Crippen LogP contribution in [0.2, 0.25) is 5.02 Å². The van der Waals surface area contributed by atoms with E-state index >= 15 is 0 Å². The first-order valence-corrected chi connectivity index (χ1v) is 7.98. The topological polar surface area (TPSA) is 90.5 Å². The number of alkyl halides is 1. The zero-order valence-electron chi connectivity index (χ0n) is 13.3. The molecule has 0 fully saturated rings. The van der Waals surface area contributed by atoms with Gasteiger partial charge in [0.15, 0.2) is 5.78 Å². The van der Waals surface area contributed by atoms with Crippen molar-refractivity contribution in [3.05, 3.63) is 58.6 Å². The highest BCUT2D eigenvalue weighted by molar-refractivity contribution is 6.30. The van der Waals surface area contributed by atoms with Crippen molar-refractivity contribution in [2.24, 2.45) is 10.7 Å². The van der Waals surface area contributed by atoms with E-state index < -0.39 is 12.2 Å². The van der Waals surface area contributed by atoms with E-state index in [4.69, 9.17) is 22.1 Å². The van der Waals surface area contributed by atoms with E-state index in [-0.39, 0.29) is 31.3 Å². The smallest absolute Gasteiger partial charge is 0.187 e. The van der Waals surface area contributed by atoms with Gasteiger partial charge < -0.3 is 10.5 Å². The molecule has 0 aromatic carbocycles. The lowest BCUT2D eigenvalue weighted by molar-refractivity contribution is 0.0826. The number of pyridine rings is 2. The average Bonchev–Trinajstić information content (AvgIpc) is 2.62. The van der Waals surface area contributed by atoms with Crippen molar-refractivity contribution in [2.75, 3.05) is 19.9 Å². The lowest BCUT2D eigenvalue weighted by atomic mass is 9.91. The fourth-order valence-electron chi connectivity index (χ4n) is 2.62. The Labute approximate surface area is 148 Å². The molecule has 1 unspecified atom stereocenters. The van der Waals surface area contributed by atoms with Crippen LogP contribution in [0.1, 0.15) is 21.7 Å². The van der Waals surface area contributed by atoms with Gasteiger partial charge in [0.25, 0.3) is 0 Å². The number of carbonyl (C=O) groups excluding carboxylic acids is 1. The van der Waals surface area contributed by atoms with Gasteiger partial charge in [-0.25, -0.2) is 4.39 Å². The lowest BCUT2D eigenvalue weighted by Crippen LogP contribution is -2.41. The molecule has 25 heavy (non-hydrogen) atoms. The Kier molecular flexibility index (Phi) is 5.06. The number of ether oxygens (including phenoxy) is 1. The van der Waals surface area contributed by atoms with Crippen LogP contribution in [-0.4, -0.2) is 41.5 Å². The first kappa shape index (κ1) is 17.4. The molecule has 3 heterocycles. The molecule has 1 atom stereocenters. The van der Waals surface area contributed by atoms with Gasteiger partial charge in [-0.3, -0.25) is 19.8 Å². The third-order valence-electron chi connectivity index (χ3n) is 3.88. The van der Waals surface area contributed by atoms with E-state index in [2.05, 4.69) is 15.0 Å². The molecule has 8 heteroatoms. The summed E-state index contributed by atoms with van der Waals surface area (Å²) in [5.74, 6) is 0.0298.